The smallest absolute Gasteiger partial charge is 0.215 e. The Morgan fingerprint density at radius 3 is 3.00 bits per heavy atom. The van der Waals surface area contributed by atoms with Crippen molar-refractivity contribution in [1.29, 1.82) is 0 Å². The van der Waals surface area contributed by atoms with Crippen LogP contribution in [0, 0.1) is 12.9 Å². The molecule has 3 heteroatoms. The first-order valence-corrected chi connectivity index (χ1v) is 5.13. The fourth-order valence-corrected chi connectivity index (χ4v) is 1.91. The lowest BCUT2D eigenvalue weighted by Gasteiger charge is -2.23. The van der Waals surface area contributed by atoms with E-state index in [0.29, 0.717) is 11.6 Å². The molecule has 0 radical (unpaired) electrons. The highest BCUT2D eigenvalue weighted by molar-refractivity contribution is 5.21. The molecule has 2 heterocycles. The maximum Gasteiger partial charge on any atom is 0.215 e. The van der Waals surface area contributed by atoms with Crippen molar-refractivity contribution in [2.75, 3.05) is 6.54 Å². The minimum Gasteiger partial charge on any atom is -0.310 e. The van der Waals surface area contributed by atoms with Crippen LogP contribution in [0.15, 0.2) is 12.3 Å². The van der Waals surface area contributed by atoms with E-state index in [9.17, 15) is 4.39 Å². The summed E-state index contributed by atoms with van der Waals surface area (Å²) in [4.78, 5) is 3.75. The summed E-state index contributed by atoms with van der Waals surface area (Å²) in [6.07, 6.45) is 5.26. The summed E-state index contributed by atoms with van der Waals surface area (Å²) < 4.78 is 12.9. The first kappa shape index (κ1) is 9.59. The van der Waals surface area contributed by atoms with E-state index in [1.807, 2.05) is 6.07 Å². The van der Waals surface area contributed by atoms with E-state index in [1.165, 1.54) is 12.8 Å². The molecule has 1 aliphatic rings. The van der Waals surface area contributed by atoms with E-state index >= 15 is 0 Å². The summed E-state index contributed by atoms with van der Waals surface area (Å²) in [6, 6.07) is 2.27. The zero-order valence-corrected chi connectivity index (χ0v) is 8.39. The first-order valence-electron chi connectivity index (χ1n) is 5.13. The van der Waals surface area contributed by atoms with Gasteiger partial charge in [-0.2, -0.15) is 4.39 Å². The minimum absolute atomic E-state index is 0.357. The molecule has 1 N–H and O–H groups in total. The van der Waals surface area contributed by atoms with Crippen LogP contribution in [0.4, 0.5) is 4.39 Å². The lowest BCUT2D eigenvalue weighted by Crippen LogP contribution is -2.26. The largest absolute Gasteiger partial charge is 0.310 e. The van der Waals surface area contributed by atoms with Crippen molar-refractivity contribution < 1.29 is 4.39 Å². The lowest BCUT2D eigenvalue weighted by atomic mass is 9.98. The Bertz CT molecular complexity index is 319. The van der Waals surface area contributed by atoms with Gasteiger partial charge < -0.3 is 5.32 Å². The Morgan fingerprint density at radius 1 is 1.50 bits per heavy atom. The molecule has 1 atom stereocenters. The number of nitrogens with one attached hydrogen (secondary N) is 1. The summed E-state index contributed by atoms with van der Waals surface area (Å²) in [5.74, 6) is -0.357. The van der Waals surface area contributed by atoms with Crippen LogP contribution in [0.3, 0.4) is 0 Å². The molecule has 76 valence electrons. The standard InChI is InChI=1S/C11H15FN2/c1-8-6-9(7-14-11(8)12)10-4-2-3-5-13-10/h6-7,10,13H,2-5H2,1H3. The monoisotopic (exact) mass is 194 g/mol. The van der Waals surface area contributed by atoms with Gasteiger partial charge in [0.05, 0.1) is 0 Å². The zero-order valence-electron chi connectivity index (χ0n) is 8.39. The quantitative estimate of drug-likeness (QED) is 0.694. The second-order valence-corrected chi connectivity index (χ2v) is 3.88. The van der Waals surface area contributed by atoms with Crippen LogP contribution in [0.2, 0.25) is 0 Å². The van der Waals surface area contributed by atoms with Crippen molar-refractivity contribution in [2.45, 2.75) is 32.2 Å². The molecule has 2 nitrogen and oxygen atoms in total. The third-order valence-corrected chi connectivity index (χ3v) is 2.75. The number of rotatable bonds is 1. The number of aryl methyl sites for hydroxylation is 1. The zero-order chi connectivity index (χ0) is 9.97. The topological polar surface area (TPSA) is 24.9 Å². The van der Waals surface area contributed by atoms with Crippen LogP contribution >= 0.6 is 0 Å². The molecule has 0 bridgehead atoms. The number of halogens is 1. The van der Waals surface area contributed by atoms with Crippen molar-refractivity contribution in [3.63, 3.8) is 0 Å². The average molecular weight is 194 g/mol. The predicted molar refractivity (Wildman–Crippen MR) is 53.5 cm³/mol. The number of hydrogen-bond acceptors (Lipinski definition) is 2. The molecule has 1 aromatic rings. The van der Waals surface area contributed by atoms with Crippen LogP contribution in [0.25, 0.3) is 0 Å². The van der Waals surface area contributed by atoms with Crippen molar-refractivity contribution in [2.24, 2.45) is 0 Å². The molecule has 1 aromatic heterocycles. The summed E-state index contributed by atoms with van der Waals surface area (Å²) in [5, 5.41) is 3.42. The number of pyridine rings is 1. The molecule has 1 unspecified atom stereocenters. The molecule has 14 heavy (non-hydrogen) atoms. The van der Waals surface area contributed by atoms with Crippen LogP contribution in [-0.2, 0) is 0 Å². The van der Waals surface area contributed by atoms with Crippen LogP contribution in [0.5, 0.6) is 0 Å². The van der Waals surface area contributed by atoms with E-state index < -0.39 is 0 Å². The van der Waals surface area contributed by atoms with Gasteiger partial charge in [-0.05, 0) is 37.9 Å². The molecule has 1 saturated heterocycles. The van der Waals surface area contributed by atoms with Crippen molar-refractivity contribution >= 4 is 0 Å². The molecule has 1 aliphatic heterocycles. The molecule has 0 spiro atoms. The van der Waals surface area contributed by atoms with E-state index in [4.69, 9.17) is 0 Å². The van der Waals surface area contributed by atoms with Gasteiger partial charge in [-0.15, -0.1) is 0 Å². The van der Waals surface area contributed by atoms with Crippen LogP contribution in [0.1, 0.15) is 36.4 Å². The Balaban J connectivity index is 2.18. The summed E-state index contributed by atoms with van der Waals surface area (Å²) in [7, 11) is 0. The highest BCUT2D eigenvalue weighted by Gasteiger charge is 2.15. The van der Waals surface area contributed by atoms with Crippen molar-refractivity contribution in [1.82, 2.24) is 10.3 Å². The molecule has 0 aromatic carbocycles. The minimum atomic E-state index is -0.357. The molecule has 0 amide bonds. The van der Waals surface area contributed by atoms with Gasteiger partial charge in [0.1, 0.15) is 0 Å². The second-order valence-electron chi connectivity index (χ2n) is 3.88. The molecule has 0 saturated carbocycles. The van der Waals surface area contributed by atoms with Gasteiger partial charge in [0.25, 0.3) is 0 Å². The molecular formula is C11H15FN2. The first-order chi connectivity index (χ1) is 6.77. The highest BCUT2D eigenvalue weighted by Crippen LogP contribution is 2.23. The fraction of sp³-hybridized carbons (Fsp3) is 0.545. The van der Waals surface area contributed by atoms with Gasteiger partial charge in [-0.1, -0.05) is 6.42 Å². The SMILES string of the molecule is Cc1cc(C2CCCCN2)cnc1F. The Labute approximate surface area is 83.6 Å². The van der Waals surface area contributed by atoms with E-state index in [1.54, 1.807) is 13.1 Å². The van der Waals surface area contributed by atoms with Crippen molar-refractivity contribution in [3.8, 4) is 0 Å². The summed E-state index contributed by atoms with van der Waals surface area (Å²) >= 11 is 0. The van der Waals surface area contributed by atoms with Gasteiger partial charge in [-0.25, -0.2) is 4.98 Å². The molecular weight excluding hydrogens is 179 g/mol. The maximum absolute atomic E-state index is 12.9. The Kier molecular flexibility index (Phi) is 2.77. The van der Waals surface area contributed by atoms with Gasteiger partial charge in [0.2, 0.25) is 5.95 Å². The summed E-state index contributed by atoms with van der Waals surface area (Å²) in [6.45, 7) is 2.82. The van der Waals surface area contributed by atoms with Crippen LogP contribution < -0.4 is 5.32 Å². The van der Waals surface area contributed by atoms with Gasteiger partial charge in [0, 0.05) is 17.8 Å². The third-order valence-electron chi connectivity index (χ3n) is 2.75. The third kappa shape index (κ3) is 1.93. The van der Waals surface area contributed by atoms with Crippen molar-refractivity contribution in [3.05, 3.63) is 29.3 Å². The van der Waals surface area contributed by atoms with Gasteiger partial charge in [0.15, 0.2) is 0 Å². The molecule has 2 rings (SSSR count). The Hall–Kier alpha value is -0.960. The lowest BCUT2D eigenvalue weighted by molar-refractivity contribution is 0.410. The Morgan fingerprint density at radius 2 is 2.36 bits per heavy atom. The van der Waals surface area contributed by atoms with Crippen LogP contribution in [-0.4, -0.2) is 11.5 Å². The maximum atomic E-state index is 12.9. The highest BCUT2D eigenvalue weighted by atomic mass is 19.1. The molecule has 1 fully saturated rings. The normalized spacial score (nSPS) is 22.3. The van der Waals surface area contributed by atoms with Gasteiger partial charge in [-0.3, -0.25) is 0 Å². The van der Waals surface area contributed by atoms with Gasteiger partial charge >= 0.3 is 0 Å². The number of hydrogen-bond donors (Lipinski definition) is 1. The number of aromatic nitrogens is 1. The second kappa shape index (κ2) is 4.05. The average Bonchev–Trinajstić information content (AvgIpc) is 2.23. The predicted octanol–water partition coefficient (Wildman–Crippen LogP) is 2.34. The van der Waals surface area contributed by atoms with E-state index in [-0.39, 0.29) is 5.95 Å². The van der Waals surface area contributed by atoms with E-state index in [2.05, 4.69) is 10.3 Å². The summed E-state index contributed by atoms with van der Waals surface area (Å²) in [5.41, 5.74) is 1.75. The molecule has 0 aliphatic carbocycles. The number of nitrogens with zero attached hydrogens (tertiary/aromatic N) is 1. The number of piperidine rings is 1. The fourth-order valence-electron chi connectivity index (χ4n) is 1.91. The van der Waals surface area contributed by atoms with E-state index in [0.717, 1.165) is 18.5 Å².